The van der Waals surface area contributed by atoms with Gasteiger partial charge in [0.15, 0.2) is 0 Å². The van der Waals surface area contributed by atoms with Crippen molar-refractivity contribution >= 4 is 0 Å². The average Bonchev–Trinajstić information content (AvgIpc) is 2.66. The molecule has 0 aromatic heterocycles. The molecule has 0 saturated heterocycles. The van der Waals surface area contributed by atoms with E-state index in [0.29, 0.717) is 12.6 Å². The van der Waals surface area contributed by atoms with Gasteiger partial charge in [-0.15, -0.1) is 0 Å². The van der Waals surface area contributed by atoms with Crippen LogP contribution in [0.15, 0.2) is 0 Å². The van der Waals surface area contributed by atoms with Gasteiger partial charge in [-0.3, -0.25) is 4.90 Å². The van der Waals surface area contributed by atoms with E-state index >= 15 is 0 Å². The van der Waals surface area contributed by atoms with Crippen LogP contribution in [0.4, 0.5) is 0 Å². The van der Waals surface area contributed by atoms with Gasteiger partial charge in [-0.1, -0.05) is 12.8 Å². The maximum atomic E-state index is 5.71. The molecule has 0 amide bonds. The molecule has 3 heteroatoms. The molecule has 1 unspecified atom stereocenters. The number of hydrogen-bond acceptors (Lipinski definition) is 3. The lowest BCUT2D eigenvalue weighted by Gasteiger charge is -2.28. The van der Waals surface area contributed by atoms with Gasteiger partial charge in [0.25, 0.3) is 0 Å². The summed E-state index contributed by atoms with van der Waals surface area (Å²) in [5.74, 6) is 0.894. The monoisotopic (exact) mass is 200 g/mol. The Morgan fingerprint density at radius 3 is 2.57 bits per heavy atom. The predicted molar refractivity (Wildman–Crippen MR) is 59.3 cm³/mol. The molecule has 0 heterocycles. The van der Waals surface area contributed by atoms with Crippen molar-refractivity contribution in [2.45, 2.75) is 31.7 Å². The van der Waals surface area contributed by atoms with Crippen molar-refractivity contribution in [3.63, 3.8) is 0 Å². The number of hydrogen-bond donors (Lipinski definition) is 1. The lowest BCUT2D eigenvalue weighted by molar-refractivity contribution is 0.101. The van der Waals surface area contributed by atoms with Crippen molar-refractivity contribution in [3.05, 3.63) is 0 Å². The molecule has 0 radical (unpaired) electrons. The third kappa shape index (κ3) is 3.56. The summed E-state index contributed by atoms with van der Waals surface area (Å²) in [6.07, 6.45) is 5.62. The summed E-state index contributed by atoms with van der Waals surface area (Å²) in [4.78, 5) is 2.36. The molecule has 1 saturated carbocycles. The van der Waals surface area contributed by atoms with E-state index in [2.05, 4.69) is 11.9 Å². The minimum absolute atomic E-state index is 0.389. The summed E-state index contributed by atoms with van der Waals surface area (Å²) in [6.45, 7) is 2.63. The molecular weight excluding hydrogens is 176 g/mol. The van der Waals surface area contributed by atoms with E-state index in [1.54, 1.807) is 7.11 Å². The molecule has 0 bridgehead atoms. The van der Waals surface area contributed by atoms with Crippen molar-refractivity contribution < 1.29 is 4.74 Å². The molecule has 14 heavy (non-hydrogen) atoms. The van der Waals surface area contributed by atoms with Crippen LogP contribution in [0.3, 0.4) is 0 Å². The van der Waals surface area contributed by atoms with Gasteiger partial charge in [-0.05, 0) is 25.8 Å². The fourth-order valence-electron chi connectivity index (χ4n) is 2.32. The van der Waals surface area contributed by atoms with Gasteiger partial charge < -0.3 is 10.5 Å². The maximum Gasteiger partial charge on any atom is 0.0630 e. The zero-order valence-corrected chi connectivity index (χ0v) is 9.54. The summed E-state index contributed by atoms with van der Waals surface area (Å²) < 4.78 is 5.16. The molecule has 1 atom stereocenters. The standard InChI is InChI=1S/C11H24N2O/c1-13(11(7-12)9-14-2)8-10-5-3-4-6-10/h10-11H,3-9,12H2,1-2H3. The smallest absolute Gasteiger partial charge is 0.0630 e. The average molecular weight is 200 g/mol. The first-order valence-electron chi connectivity index (χ1n) is 5.67. The van der Waals surface area contributed by atoms with Gasteiger partial charge in [-0.25, -0.2) is 0 Å². The fourth-order valence-corrected chi connectivity index (χ4v) is 2.32. The van der Waals surface area contributed by atoms with E-state index in [4.69, 9.17) is 10.5 Å². The first-order valence-corrected chi connectivity index (χ1v) is 5.67. The second-order valence-electron chi connectivity index (χ2n) is 4.43. The molecule has 0 spiro atoms. The van der Waals surface area contributed by atoms with Crippen LogP contribution in [-0.2, 0) is 4.74 Å². The van der Waals surface area contributed by atoms with Gasteiger partial charge in [0.2, 0.25) is 0 Å². The molecule has 1 aliphatic carbocycles. The zero-order chi connectivity index (χ0) is 10.4. The highest BCUT2D eigenvalue weighted by molar-refractivity contribution is 4.75. The third-order valence-corrected chi connectivity index (χ3v) is 3.28. The summed E-state index contributed by atoms with van der Waals surface area (Å²) >= 11 is 0. The van der Waals surface area contributed by atoms with Crippen LogP contribution in [0.1, 0.15) is 25.7 Å². The Morgan fingerprint density at radius 2 is 2.07 bits per heavy atom. The quantitative estimate of drug-likeness (QED) is 0.697. The molecule has 2 N–H and O–H groups in total. The maximum absolute atomic E-state index is 5.71. The minimum Gasteiger partial charge on any atom is -0.383 e. The van der Waals surface area contributed by atoms with E-state index < -0.39 is 0 Å². The Morgan fingerprint density at radius 1 is 1.43 bits per heavy atom. The second-order valence-corrected chi connectivity index (χ2v) is 4.43. The Kier molecular flexibility index (Phi) is 5.45. The van der Waals surface area contributed by atoms with Crippen LogP contribution < -0.4 is 5.73 Å². The van der Waals surface area contributed by atoms with Crippen molar-refractivity contribution in [2.24, 2.45) is 11.7 Å². The molecule has 1 fully saturated rings. The number of nitrogens with two attached hydrogens (primary N) is 1. The van der Waals surface area contributed by atoms with Crippen molar-refractivity contribution in [2.75, 3.05) is 33.9 Å². The minimum atomic E-state index is 0.389. The van der Waals surface area contributed by atoms with E-state index in [-0.39, 0.29) is 0 Å². The number of ether oxygens (including phenoxy) is 1. The molecule has 0 aliphatic heterocycles. The highest BCUT2D eigenvalue weighted by atomic mass is 16.5. The lowest BCUT2D eigenvalue weighted by atomic mass is 10.1. The first kappa shape index (κ1) is 12.0. The molecule has 0 aromatic rings. The van der Waals surface area contributed by atoms with Gasteiger partial charge in [0.05, 0.1) is 6.61 Å². The zero-order valence-electron chi connectivity index (χ0n) is 9.54. The van der Waals surface area contributed by atoms with Crippen LogP contribution >= 0.6 is 0 Å². The number of likely N-dealkylation sites (N-methyl/N-ethyl adjacent to an activating group) is 1. The lowest BCUT2D eigenvalue weighted by Crippen LogP contribution is -2.43. The van der Waals surface area contributed by atoms with E-state index in [1.807, 2.05) is 0 Å². The molecule has 1 rings (SSSR count). The summed E-state index contributed by atoms with van der Waals surface area (Å²) in [7, 11) is 3.90. The summed E-state index contributed by atoms with van der Waals surface area (Å²) in [5.41, 5.74) is 5.71. The largest absolute Gasteiger partial charge is 0.383 e. The van der Waals surface area contributed by atoms with Crippen LogP contribution in [0.2, 0.25) is 0 Å². The van der Waals surface area contributed by atoms with E-state index in [0.717, 1.165) is 12.5 Å². The van der Waals surface area contributed by atoms with Crippen molar-refractivity contribution in [3.8, 4) is 0 Å². The number of methoxy groups -OCH3 is 1. The highest BCUT2D eigenvalue weighted by Crippen LogP contribution is 2.25. The second kappa shape index (κ2) is 6.38. The Bertz CT molecular complexity index is 146. The predicted octanol–water partition coefficient (Wildman–Crippen LogP) is 1.08. The Labute approximate surface area is 87.6 Å². The highest BCUT2D eigenvalue weighted by Gasteiger charge is 2.20. The number of nitrogens with zero attached hydrogens (tertiary/aromatic N) is 1. The van der Waals surface area contributed by atoms with Gasteiger partial charge >= 0.3 is 0 Å². The van der Waals surface area contributed by atoms with Gasteiger partial charge in [0, 0.05) is 26.2 Å². The number of rotatable bonds is 6. The van der Waals surface area contributed by atoms with Gasteiger partial charge in [-0.2, -0.15) is 0 Å². The third-order valence-electron chi connectivity index (χ3n) is 3.28. The Balaban J connectivity index is 2.26. The van der Waals surface area contributed by atoms with Crippen molar-refractivity contribution in [1.29, 1.82) is 0 Å². The van der Waals surface area contributed by atoms with Crippen molar-refractivity contribution in [1.82, 2.24) is 4.90 Å². The first-order chi connectivity index (χ1) is 6.77. The molecule has 0 aromatic carbocycles. The van der Waals surface area contributed by atoms with Crippen LogP contribution in [0, 0.1) is 5.92 Å². The summed E-state index contributed by atoms with van der Waals surface area (Å²) in [5, 5.41) is 0. The Hall–Kier alpha value is -0.120. The molecule has 84 valence electrons. The van der Waals surface area contributed by atoms with Crippen LogP contribution in [-0.4, -0.2) is 44.8 Å². The van der Waals surface area contributed by atoms with E-state index in [9.17, 15) is 0 Å². The topological polar surface area (TPSA) is 38.5 Å². The normalized spacial score (nSPS) is 20.6. The molecule has 3 nitrogen and oxygen atoms in total. The van der Waals surface area contributed by atoms with E-state index in [1.165, 1.54) is 32.2 Å². The fraction of sp³-hybridized carbons (Fsp3) is 1.00. The molecular formula is C11H24N2O. The summed E-state index contributed by atoms with van der Waals surface area (Å²) in [6, 6.07) is 0.389. The van der Waals surface area contributed by atoms with Crippen LogP contribution in [0.25, 0.3) is 0 Å². The van der Waals surface area contributed by atoms with Gasteiger partial charge in [0.1, 0.15) is 0 Å². The van der Waals surface area contributed by atoms with Crippen LogP contribution in [0.5, 0.6) is 0 Å². The SMILES string of the molecule is COCC(CN)N(C)CC1CCCC1. The molecule has 1 aliphatic rings.